The lowest BCUT2D eigenvalue weighted by atomic mass is 9.95. The van der Waals surface area contributed by atoms with Crippen LogP contribution in [0.5, 0.6) is 11.5 Å². The zero-order valence-electron chi connectivity index (χ0n) is 22.0. The molecular formula is C30H27N3O5S. The molecule has 0 spiro atoms. The molecule has 39 heavy (non-hydrogen) atoms. The number of hydrogen-bond acceptors (Lipinski definition) is 8. The van der Waals surface area contributed by atoms with E-state index in [0.717, 1.165) is 27.0 Å². The van der Waals surface area contributed by atoms with E-state index in [2.05, 4.69) is 0 Å². The van der Waals surface area contributed by atoms with Crippen LogP contribution in [0.2, 0.25) is 0 Å². The third-order valence-corrected chi connectivity index (χ3v) is 8.01. The molecule has 1 aromatic heterocycles. The summed E-state index contributed by atoms with van der Waals surface area (Å²) in [6, 6.07) is 15.8. The topological polar surface area (TPSA) is 92.2 Å². The van der Waals surface area contributed by atoms with Gasteiger partial charge in [0.1, 0.15) is 19.0 Å². The number of nitrogens with zero attached hydrogens (tertiary/aromatic N) is 3. The third kappa shape index (κ3) is 4.19. The second kappa shape index (κ2) is 9.43. The summed E-state index contributed by atoms with van der Waals surface area (Å²) in [7, 11) is 3.88. The minimum absolute atomic E-state index is 0.00133. The number of fused-ring (bicyclic) bond motifs is 2. The summed E-state index contributed by atoms with van der Waals surface area (Å²) in [5.74, 6) is -0.735. The minimum atomic E-state index is -0.864. The molecule has 1 unspecified atom stereocenters. The molecule has 1 amide bonds. The lowest BCUT2D eigenvalue weighted by molar-refractivity contribution is -0.132. The molecule has 6 rings (SSSR count). The molecule has 3 heterocycles. The van der Waals surface area contributed by atoms with Crippen molar-refractivity contribution < 1.29 is 24.2 Å². The molecule has 2 aliphatic heterocycles. The summed E-state index contributed by atoms with van der Waals surface area (Å²) in [6.07, 6.45) is 0. The molecule has 3 aromatic carbocycles. The maximum atomic E-state index is 13.6. The van der Waals surface area contributed by atoms with Gasteiger partial charge in [0, 0.05) is 25.3 Å². The van der Waals surface area contributed by atoms with Crippen LogP contribution in [0.15, 0.2) is 60.2 Å². The number of rotatable bonds is 4. The number of aryl methyl sites for hydroxylation is 2. The number of carbonyl (C=O) groups is 2. The van der Waals surface area contributed by atoms with Crippen molar-refractivity contribution in [3.05, 3.63) is 82.4 Å². The van der Waals surface area contributed by atoms with Gasteiger partial charge in [0.05, 0.1) is 21.8 Å². The van der Waals surface area contributed by atoms with E-state index in [-0.39, 0.29) is 11.3 Å². The van der Waals surface area contributed by atoms with E-state index in [1.54, 1.807) is 18.2 Å². The van der Waals surface area contributed by atoms with Crippen LogP contribution >= 0.6 is 11.3 Å². The van der Waals surface area contributed by atoms with Gasteiger partial charge in [-0.3, -0.25) is 14.5 Å². The Kier molecular flexibility index (Phi) is 6.03. The van der Waals surface area contributed by atoms with Crippen molar-refractivity contribution in [3.63, 3.8) is 0 Å². The van der Waals surface area contributed by atoms with E-state index in [9.17, 15) is 14.7 Å². The van der Waals surface area contributed by atoms with Crippen molar-refractivity contribution in [2.24, 2.45) is 0 Å². The van der Waals surface area contributed by atoms with E-state index in [0.29, 0.717) is 41.0 Å². The smallest absolute Gasteiger partial charge is 0.301 e. The number of hydrogen-bond donors (Lipinski definition) is 1. The number of aliphatic hydroxyl groups is 1. The van der Waals surface area contributed by atoms with Crippen molar-refractivity contribution in [1.82, 2.24) is 4.98 Å². The van der Waals surface area contributed by atoms with Gasteiger partial charge in [0.25, 0.3) is 5.78 Å². The molecule has 1 N–H and O–H groups in total. The zero-order valence-corrected chi connectivity index (χ0v) is 22.8. The molecule has 8 nitrogen and oxygen atoms in total. The fourth-order valence-corrected chi connectivity index (χ4v) is 6.28. The molecule has 1 saturated heterocycles. The summed E-state index contributed by atoms with van der Waals surface area (Å²) < 4.78 is 12.2. The summed E-state index contributed by atoms with van der Waals surface area (Å²) in [5.41, 5.74) is 4.89. The Hall–Kier alpha value is -4.37. The number of aromatic nitrogens is 1. The number of ether oxygens (including phenoxy) is 2. The SMILES string of the molecule is Cc1cc(C)c2nc(N3C(=O)C(=O)C(=C(O)c4ccc5c(c4)OCCO5)C3c3ccc(N(C)C)cc3)sc2c1. The number of benzene rings is 3. The number of carbonyl (C=O) groups excluding carboxylic acids is 2. The Morgan fingerprint density at radius 3 is 2.44 bits per heavy atom. The Labute approximate surface area is 229 Å². The van der Waals surface area contributed by atoms with Gasteiger partial charge in [-0.25, -0.2) is 4.98 Å². The number of Topliss-reactive ketones (excluding diaryl/α,β-unsaturated/α-hetero) is 1. The molecule has 0 bridgehead atoms. The highest BCUT2D eigenvalue weighted by molar-refractivity contribution is 7.22. The van der Waals surface area contributed by atoms with Gasteiger partial charge in [-0.2, -0.15) is 0 Å². The van der Waals surface area contributed by atoms with Gasteiger partial charge in [0.2, 0.25) is 0 Å². The van der Waals surface area contributed by atoms with E-state index in [1.807, 2.05) is 69.2 Å². The van der Waals surface area contributed by atoms with Gasteiger partial charge in [-0.1, -0.05) is 29.5 Å². The Morgan fingerprint density at radius 2 is 1.72 bits per heavy atom. The van der Waals surface area contributed by atoms with Gasteiger partial charge in [0.15, 0.2) is 16.6 Å². The first-order chi connectivity index (χ1) is 18.7. The molecule has 0 saturated carbocycles. The molecule has 1 atom stereocenters. The highest BCUT2D eigenvalue weighted by Gasteiger charge is 2.48. The van der Waals surface area contributed by atoms with E-state index >= 15 is 0 Å². The fourth-order valence-electron chi connectivity index (χ4n) is 5.11. The van der Waals surface area contributed by atoms with Gasteiger partial charge in [-0.15, -0.1) is 0 Å². The number of anilines is 2. The van der Waals surface area contributed by atoms with Crippen LogP contribution in [0.25, 0.3) is 16.0 Å². The minimum Gasteiger partial charge on any atom is -0.507 e. The van der Waals surface area contributed by atoms with Crippen LogP contribution in [0.4, 0.5) is 10.8 Å². The predicted octanol–water partition coefficient (Wildman–Crippen LogP) is 5.38. The lowest BCUT2D eigenvalue weighted by Crippen LogP contribution is -2.29. The summed E-state index contributed by atoms with van der Waals surface area (Å²) in [4.78, 5) is 35.4. The quantitative estimate of drug-likeness (QED) is 0.211. The van der Waals surface area contributed by atoms with Crippen LogP contribution in [-0.4, -0.2) is 49.1 Å². The highest BCUT2D eigenvalue weighted by Crippen LogP contribution is 2.45. The monoisotopic (exact) mass is 541 g/mol. The molecule has 0 aliphatic carbocycles. The van der Waals surface area contributed by atoms with Crippen molar-refractivity contribution in [2.45, 2.75) is 19.9 Å². The summed E-state index contributed by atoms with van der Waals surface area (Å²) >= 11 is 1.36. The molecular weight excluding hydrogens is 514 g/mol. The van der Waals surface area contributed by atoms with Crippen LogP contribution in [0, 0.1) is 13.8 Å². The van der Waals surface area contributed by atoms with Crippen LogP contribution in [0.3, 0.4) is 0 Å². The number of ketones is 1. The average molecular weight is 542 g/mol. The van der Waals surface area contributed by atoms with Gasteiger partial charge >= 0.3 is 5.91 Å². The fraction of sp³-hybridized carbons (Fsp3) is 0.233. The first kappa shape index (κ1) is 24.9. The average Bonchev–Trinajstić information content (AvgIpc) is 3.46. The third-order valence-electron chi connectivity index (χ3n) is 7.01. The zero-order chi connectivity index (χ0) is 27.4. The van der Waals surface area contributed by atoms with Crippen LogP contribution in [-0.2, 0) is 9.59 Å². The van der Waals surface area contributed by atoms with Crippen molar-refractivity contribution >= 4 is 49.8 Å². The second-order valence-corrected chi connectivity index (χ2v) is 10.9. The molecule has 0 radical (unpaired) electrons. The standard InChI is InChI=1S/C30H27N3O5S/c1-16-13-17(2)25-23(14-16)39-30(31-25)33-26(18-5-8-20(9-6-18)32(3)4)24(28(35)29(33)36)27(34)19-7-10-21-22(15-19)38-12-11-37-21/h5-10,13-15,26,34H,11-12H2,1-4H3. The maximum absolute atomic E-state index is 13.6. The lowest BCUT2D eigenvalue weighted by Gasteiger charge is -2.24. The highest BCUT2D eigenvalue weighted by atomic mass is 32.1. The van der Waals surface area contributed by atoms with Gasteiger partial charge in [-0.05, 0) is 66.9 Å². The Balaban J connectivity index is 1.54. The first-order valence-corrected chi connectivity index (χ1v) is 13.4. The largest absolute Gasteiger partial charge is 0.507 e. The Morgan fingerprint density at radius 1 is 1.00 bits per heavy atom. The number of aliphatic hydroxyl groups excluding tert-OH is 1. The van der Waals surface area contributed by atoms with Crippen LogP contribution in [0.1, 0.15) is 28.3 Å². The van der Waals surface area contributed by atoms with Crippen molar-refractivity contribution in [1.29, 1.82) is 0 Å². The van der Waals surface area contributed by atoms with E-state index in [4.69, 9.17) is 14.5 Å². The second-order valence-electron chi connectivity index (χ2n) is 9.94. The van der Waals surface area contributed by atoms with Crippen molar-refractivity contribution in [3.8, 4) is 11.5 Å². The van der Waals surface area contributed by atoms with E-state index < -0.39 is 17.7 Å². The van der Waals surface area contributed by atoms with E-state index in [1.165, 1.54) is 16.2 Å². The normalized spacial score (nSPS) is 18.2. The number of thiazole rings is 1. The summed E-state index contributed by atoms with van der Waals surface area (Å²) in [5, 5.41) is 11.9. The maximum Gasteiger partial charge on any atom is 0.301 e. The molecule has 198 valence electrons. The van der Waals surface area contributed by atoms with Crippen molar-refractivity contribution in [2.75, 3.05) is 37.1 Å². The van der Waals surface area contributed by atoms with Gasteiger partial charge < -0.3 is 19.5 Å². The Bertz CT molecular complexity index is 1670. The van der Waals surface area contributed by atoms with Crippen LogP contribution < -0.4 is 19.3 Å². The molecule has 1 fully saturated rings. The predicted molar refractivity (Wildman–Crippen MR) is 152 cm³/mol. The molecule has 4 aromatic rings. The molecule has 9 heteroatoms. The first-order valence-electron chi connectivity index (χ1n) is 12.6. The molecule has 2 aliphatic rings. The summed E-state index contributed by atoms with van der Waals surface area (Å²) in [6.45, 7) is 4.81. The number of amides is 1.